The van der Waals surface area contributed by atoms with Gasteiger partial charge in [0.25, 0.3) is 0 Å². The number of rotatable bonds is 4. The van der Waals surface area contributed by atoms with Crippen LogP contribution in [-0.2, 0) is 6.54 Å². The maximum Gasteiger partial charge on any atom is 0.0951 e. The highest BCUT2D eigenvalue weighted by atomic mass is 15.0. The van der Waals surface area contributed by atoms with Crippen molar-refractivity contribution < 1.29 is 0 Å². The van der Waals surface area contributed by atoms with Crippen LogP contribution in [0.3, 0.4) is 0 Å². The standard InChI is InChI=1S/C9H16N4/c1-7-8(2)13(6-12-7)5-3-4-9(10)11/h6H,3-5H2,1-2H3,(H3,10,11). The molecule has 0 aliphatic rings. The van der Waals surface area contributed by atoms with Gasteiger partial charge in [-0.1, -0.05) is 0 Å². The summed E-state index contributed by atoms with van der Waals surface area (Å²) >= 11 is 0. The van der Waals surface area contributed by atoms with Crippen LogP contribution in [0.4, 0.5) is 0 Å². The Hall–Kier alpha value is -1.32. The lowest BCUT2D eigenvalue weighted by molar-refractivity contribution is 0.641. The number of nitrogens with one attached hydrogen (secondary N) is 1. The molecule has 0 aliphatic carbocycles. The summed E-state index contributed by atoms with van der Waals surface area (Å²) in [5.74, 6) is 0.259. The molecule has 0 atom stereocenters. The van der Waals surface area contributed by atoms with Gasteiger partial charge in [-0.25, -0.2) is 4.98 Å². The van der Waals surface area contributed by atoms with Crippen LogP contribution in [0.15, 0.2) is 6.33 Å². The topological polar surface area (TPSA) is 67.7 Å². The fourth-order valence-corrected chi connectivity index (χ4v) is 1.21. The molecule has 0 bridgehead atoms. The highest BCUT2D eigenvalue weighted by Gasteiger charge is 2.00. The fourth-order valence-electron chi connectivity index (χ4n) is 1.21. The monoisotopic (exact) mass is 180 g/mol. The van der Waals surface area contributed by atoms with Crippen LogP contribution in [0.2, 0.25) is 0 Å². The highest BCUT2D eigenvalue weighted by molar-refractivity contribution is 5.76. The maximum absolute atomic E-state index is 7.07. The van der Waals surface area contributed by atoms with E-state index in [-0.39, 0.29) is 5.84 Å². The van der Waals surface area contributed by atoms with E-state index in [0.29, 0.717) is 6.42 Å². The number of nitrogens with two attached hydrogens (primary N) is 1. The molecule has 1 rings (SSSR count). The molecular weight excluding hydrogens is 164 g/mol. The summed E-state index contributed by atoms with van der Waals surface area (Å²) in [7, 11) is 0. The van der Waals surface area contributed by atoms with Crippen molar-refractivity contribution in [2.45, 2.75) is 33.2 Å². The number of hydrogen-bond acceptors (Lipinski definition) is 2. The van der Waals surface area contributed by atoms with Crippen LogP contribution >= 0.6 is 0 Å². The Morgan fingerprint density at radius 3 is 2.77 bits per heavy atom. The molecule has 0 unspecified atom stereocenters. The van der Waals surface area contributed by atoms with Gasteiger partial charge in [0.05, 0.1) is 17.9 Å². The zero-order valence-electron chi connectivity index (χ0n) is 8.17. The number of aryl methyl sites for hydroxylation is 2. The fraction of sp³-hybridized carbons (Fsp3) is 0.556. The molecule has 1 heterocycles. The van der Waals surface area contributed by atoms with E-state index in [2.05, 4.69) is 16.5 Å². The average Bonchev–Trinajstić information content (AvgIpc) is 2.35. The van der Waals surface area contributed by atoms with Crippen LogP contribution in [0.5, 0.6) is 0 Å². The first-order chi connectivity index (χ1) is 6.11. The molecule has 3 N–H and O–H groups in total. The first kappa shape index (κ1) is 9.77. The van der Waals surface area contributed by atoms with Gasteiger partial charge in [0.2, 0.25) is 0 Å². The Labute approximate surface area is 78.3 Å². The molecule has 4 nitrogen and oxygen atoms in total. The molecule has 0 fully saturated rings. The van der Waals surface area contributed by atoms with Gasteiger partial charge in [0.15, 0.2) is 0 Å². The molecule has 72 valence electrons. The lowest BCUT2D eigenvalue weighted by Gasteiger charge is -2.04. The zero-order valence-corrected chi connectivity index (χ0v) is 8.17. The van der Waals surface area contributed by atoms with Crippen molar-refractivity contribution in [3.05, 3.63) is 17.7 Å². The van der Waals surface area contributed by atoms with E-state index in [1.54, 1.807) is 0 Å². The third-order valence-electron chi connectivity index (χ3n) is 2.19. The van der Waals surface area contributed by atoms with Crippen LogP contribution in [0.1, 0.15) is 24.2 Å². The SMILES string of the molecule is Cc1ncn(CCCC(=N)N)c1C. The van der Waals surface area contributed by atoms with E-state index in [9.17, 15) is 0 Å². The second-order valence-corrected chi connectivity index (χ2v) is 3.24. The second-order valence-electron chi connectivity index (χ2n) is 3.24. The molecule has 1 aromatic rings. The normalized spacial score (nSPS) is 10.3. The average molecular weight is 180 g/mol. The Kier molecular flexibility index (Phi) is 3.06. The van der Waals surface area contributed by atoms with E-state index in [4.69, 9.17) is 11.1 Å². The summed E-state index contributed by atoms with van der Waals surface area (Å²) in [5.41, 5.74) is 7.53. The molecule has 0 amide bonds. The van der Waals surface area contributed by atoms with Crippen LogP contribution < -0.4 is 5.73 Å². The molecule has 0 radical (unpaired) electrons. The Morgan fingerprint density at radius 1 is 1.62 bits per heavy atom. The molecule has 1 aromatic heterocycles. The van der Waals surface area contributed by atoms with E-state index in [1.807, 2.05) is 13.3 Å². The van der Waals surface area contributed by atoms with Crippen LogP contribution in [0.25, 0.3) is 0 Å². The highest BCUT2D eigenvalue weighted by Crippen LogP contribution is 2.05. The van der Waals surface area contributed by atoms with Gasteiger partial charge < -0.3 is 10.3 Å². The summed E-state index contributed by atoms with van der Waals surface area (Å²) in [6, 6.07) is 0. The van der Waals surface area contributed by atoms with Crippen molar-refractivity contribution in [1.82, 2.24) is 9.55 Å². The summed E-state index contributed by atoms with van der Waals surface area (Å²) in [6.07, 6.45) is 3.41. The van der Waals surface area contributed by atoms with Crippen molar-refractivity contribution in [3.63, 3.8) is 0 Å². The first-order valence-corrected chi connectivity index (χ1v) is 4.42. The number of amidine groups is 1. The predicted molar refractivity (Wildman–Crippen MR) is 52.8 cm³/mol. The number of aromatic nitrogens is 2. The van der Waals surface area contributed by atoms with Gasteiger partial charge in [0.1, 0.15) is 0 Å². The van der Waals surface area contributed by atoms with E-state index < -0.39 is 0 Å². The Balaban J connectivity index is 2.45. The van der Waals surface area contributed by atoms with Crippen LogP contribution in [0, 0.1) is 19.3 Å². The van der Waals surface area contributed by atoms with E-state index >= 15 is 0 Å². The molecule has 0 saturated heterocycles. The van der Waals surface area contributed by atoms with E-state index in [0.717, 1.165) is 18.7 Å². The number of nitrogens with zero attached hydrogens (tertiary/aromatic N) is 2. The number of hydrogen-bond donors (Lipinski definition) is 2. The third kappa shape index (κ3) is 2.57. The van der Waals surface area contributed by atoms with Crippen molar-refractivity contribution >= 4 is 5.84 Å². The smallest absolute Gasteiger partial charge is 0.0951 e. The quantitative estimate of drug-likeness (QED) is 0.540. The summed E-state index contributed by atoms with van der Waals surface area (Å²) in [4.78, 5) is 4.19. The molecule has 0 saturated carbocycles. The second kappa shape index (κ2) is 4.07. The molecule has 0 aliphatic heterocycles. The molecule has 4 heteroatoms. The van der Waals surface area contributed by atoms with E-state index in [1.165, 1.54) is 5.69 Å². The minimum absolute atomic E-state index is 0.259. The largest absolute Gasteiger partial charge is 0.388 e. The minimum Gasteiger partial charge on any atom is -0.388 e. The first-order valence-electron chi connectivity index (χ1n) is 4.42. The lowest BCUT2D eigenvalue weighted by Crippen LogP contribution is -2.10. The van der Waals surface area contributed by atoms with Crippen molar-refractivity contribution in [2.24, 2.45) is 5.73 Å². The van der Waals surface area contributed by atoms with Gasteiger partial charge in [0, 0.05) is 18.7 Å². The van der Waals surface area contributed by atoms with Crippen LogP contribution in [-0.4, -0.2) is 15.4 Å². The Morgan fingerprint density at radius 2 is 2.31 bits per heavy atom. The molecular formula is C9H16N4. The molecule has 0 aromatic carbocycles. The van der Waals surface area contributed by atoms with Gasteiger partial charge in [-0.05, 0) is 20.3 Å². The molecule has 0 spiro atoms. The summed E-state index contributed by atoms with van der Waals surface area (Å²) < 4.78 is 2.10. The summed E-state index contributed by atoms with van der Waals surface area (Å²) in [6.45, 7) is 4.94. The van der Waals surface area contributed by atoms with Crippen molar-refractivity contribution in [2.75, 3.05) is 0 Å². The predicted octanol–water partition coefficient (Wildman–Crippen LogP) is 1.22. The molecule has 13 heavy (non-hydrogen) atoms. The van der Waals surface area contributed by atoms with Gasteiger partial charge >= 0.3 is 0 Å². The zero-order chi connectivity index (χ0) is 9.84. The van der Waals surface area contributed by atoms with Crippen molar-refractivity contribution in [1.29, 1.82) is 5.41 Å². The maximum atomic E-state index is 7.07. The minimum atomic E-state index is 0.259. The van der Waals surface area contributed by atoms with Crippen molar-refractivity contribution in [3.8, 4) is 0 Å². The van der Waals surface area contributed by atoms with Gasteiger partial charge in [-0.3, -0.25) is 5.41 Å². The Bertz CT molecular complexity index is 301. The lowest BCUT2D eigenvalue weighted by atomic mass is 10.3. The third-order valence-corrected chi connectivity index (χ3v) is 2.19. The van der Waals surface area contributed by atoms with Gasteiger partial charge in [-0.2, -0.15) is 0 Å². The number of imidazole rings is 1. The summed E-state index contributed by atoms with van der Waals surface area (Å²) in [5, 5.41) is 7.07. The van der Waals surface area contributed by atoms with Gasteiger partial charge in [-0.15, -0.1) is 0 Å².